The van der Waals surface area contributed by atoms with E-state index in [4.69, 9.17) is 28.9 Å². The summed E-state index contributed by atoms with van der Waals surface area (Å²) >= 11 is 12.1. The zero-order valence-electron chi connectivity index (χ0n) is 8.59. The molecule has 0 unspecified atom stereocenters. The first kappa shape index (κ1) is 13.7. The van der Waals surface area contributed by atoms with E-state index in [1.165, 1.54) is 5.56 Å². The molecule has 0 aliphatic heterocycles. The molecular formula is C11H13Cl3N2. The fourth-order valence-corrected chi connectivity index (χ4v) is 2.36. The largest absolute Gasteiger partial charge is 0.361 e. The van der Waals surface area contributed by atoms with Crippen molar-refractivity contribution in [3.8, 4) is 0 Å². The summed E-state index contributed by atoms with van der Waals surface area (Å²) in [5.74, 6) is 0. The van der Waals surface area contributed by atoms with Crippen molar-refractivity contribution in [3.05, 3.63) is 33.9 Å². The lowest BCUT2D eigenvalue weighted by Crippen LogP contribution is -1.99. The second-order valence-corrected chi connectivity index (χ2v) is 4.36. The van der Waals surface area contributed by atoms with Gasteiger partial charge in [-0.05, 0) is 37.1 Å². The van der Waals surface area contributed by atoms with Gasteiger partial charge in [-0.25, -0.2) is 0 Å². The number of H-pyrrole nitrogens is 1. The molecule has 0 spiro atoms. The van der Waals surface area contributed by atoms with E-state index in [0.29, 0.717) is 16.6 Å². The van der Waals surface area contributed by atoms with Crippen LogP contribution in [0.4, 0.5) is 0 Å². The van der Waals surface area contributed by atoms with E-state index in [2.05, 4.69) is 4.98 Å². The van der Waals surface area contributed by atoms with Crippen molar-refractivity contribution >= 4 is 46.5 Å². The van der Waals surface area contributed by atoms with Crippen LogP contribution in [-0.4, -0.2) is 11.5 Å². The Morgan fingerprint density at radius 2 is 2.00 bits per heavy atom. The van der Waals surface area contributed by atoms with Gasteiger partial charge in [0.2, 0.25) is 0 Å². The molecule has 88 valence electrons. The molecule has 0 atom stereocenters. The van der Waals surface area contributed by atoms with E-state index in [1.54, 1.807) is 6.07 Å². The van der Waals surface area contributed by atoms with Crippen LogP contribution in [0.1, 0.15) is 12.0 Å². The molecule has 0 radical (unpaired) electrons. The van der Waals surface area contributed by atoms with E-state index < -0.39 is 0 Å². The number of rotatable bonds is 3. The van der Waals surface area contributed by atoms with E-state index in [1.807, 2.05) is 12.3 Å². The lowest BCUT2D eigenvalue weighted by molar-refractivity contribution is 0.837. The standard InChI is InChI=1S/C11H12Cl2N2.ClH/c12-8-4-9(13)11-7(2-1-3-14)6-15-10(11)5-8;/h4-6,15H,1-3,14H2;1H. The second kappa shape index (κ2) is 5.78. The molecule has 1 heterocycles. The molecule has 0 amide bonds. The maximum absolute atomic E-state index is 6.15. The SMILES string of the molecule is Cl.NCCCc1c[nH]c2cc(Cl)cc(Cl)c12. The van der Waals surface area contributed by atoms with Gasteiger partial charge in [0.15, 0.2) is 0 Å². The van der Waals surface area contributed by atoms with Gasteiger partial charge in [0.25, 0.3) is 0 Å². The lowest BCUT2D eigenvalue weighted by atomic mass is 10.1. The number of nitrogens with one attached hydrogen (secondary N) is 1. The maximum atomic E-state index is 6.15. The molecular weight excluding hydrogens is 266 g/mol. The van der Waals surface area contributed by atoms with E-state index in [9.17, 15) is 0 Å². The molecule has 0 aliphatic rings. The number of benzene rings is 1. The first-order valence-corrected chi connectivity index (χ1v) is 5.63. The van der Waals surface area contributed by atoms with Crippen LogP contribution in [0.3, 0.4) is 0 Å². The molecule has 1 aromatic heterocycles. The number of fused-ring (bicyclic) bond motifs is 1. The van der Waals surface area contributed by atoms with Gasteiger partial charge in [0.05, 0.1) is 5.02 Å². The average Bonchev–Trinajstić information content (AvgIpc) is 2.58. The Kier molecular flexibility index (Phi) is 4.93. The molecule has 0 saturated heterocycles. The molecule has 2 nitrogen and oxygen atoms in total. The summed E-state index contributed by atoms with van der Waals surface area (Å²) in [5, 5.41) is 2.42. The fourth-order valence-electron chi connectivity index (χ4n) is 1.74. The van der Waals surface area contributed by atoms with Crippen LogP contribution in [0.5, 0.6) is 0 Å². The van der Waals surface area contributed by atoms with Gasteiger partial charge >= 0.3 is 0 Å². The number of aromatic nitrogens is 1. The van der Waals surface area contributed by atoms with Gasteiger partial charge in [-0.2, -0.15) is 0 Å². The van der Waals surface area contributed by atoms with Crippen molar-refractivity contribution < 1.29 is 0 Å². The number of halogens is 3. The Morgan fingerprint density at radius 3 is 2.69 bits per heavy atom. The number of nitrogens with two attached hydrogens (primary N) is 1. The molecule has 2 aromatic rings. The van der Waals surface area contributed by atoms with E-state index in [-0.39, 0.29) is 12.4 Å². The molecule has 0 fully saturated rings. The van der Waals surface area contributed by atoms with Gasteiger partial charge in [-0.15, -0.1) is 12.4 Å². The molecule has 3 N–H and O–H groups in total. The third-order valence-corrected chi connectivity index (χ3v) is 2.94. The molecule has 0 bridgehead atoms. The number of hydrogen-bond acceptors (Lipinski definition) is 1. The van der Waals surface area contributed by atoms with Crippen molar-refractivity contribution in [3.63, 3.8) is 0 Å². The molecule has 16 heavy (non-hydrogen) atoms. The predicted octanol–water partition coefficient (Wildman–Crippen LogP) is 3.79. The third-order valence-electron chi connectivity index (χ3n) is 2.43. The zero-order chi connectivity index (χ0) is 10.8. The van der Waals surface area contributed by atoms with Crippen molar-refractivity contribution in [2.75, 3.05) is 6.54 Å². The fraction of sp³-hybridized carbons (Fsp3) is 0.273. The summed E-state index contributed by atoms with van der Waals surface area (Å²) in [6, 6.07) is 3.65. The molecule has 0 aliphatic carbocycles. The smallest absolute Gasteiger partial charge is 0.0517 e. The normalized spacial score (nSPS) is 10.4. The summed E-state index contributed by atoms with van der Waals surface area (Å²) in [6.45, 7) is 0.692. The van der Waals surface area contributed by atoms with Gasteiger partial charge in [0.1, 0.15) is 0 Å². The van der Waals surface area contributed by atoms with Crippen LogP contribution in [0.15, 0.2) is 18.3 Å². The van der Waals surface area contributed by atoms with Gasteiger partial charge in [-0.3, -0.25) is 0 Å². The van der Waals surface area contributed by atoms with Gasteiger partial charge in [-0.1, -0.05) is 23.2 Å². The first-order chi connectivity index (χ1) is 7.22. The maximum Gasteiger partial charge on any atom is 0.0517 e. The summed E-state index contributed by atoms with van der Waals surface area (Å²) in [6.07, 6.45) is 3.88. The van der Waals surface area contributed by atoms with Crippen LogP contribution in [0.2, 0.25) is 10.0 Å². The Hall–Kier alpha value is -0.410. The van der Waals surface area contributed by atoms with Crippen LogP contribution < -0.4 is 5.73 Å². The minimum absolute atomic E-state index is 0. The monoisotopic (exact) mass is 278 g/mol. The summed E-state index contributed by atoms with van der Waals surface area (Å²) in [4.78, 5) is 3.17. The molecule has 1 aromatic carbocycles. The Bertz CT molecular complexity index is 479. The minimum Gasteiger partial charge on any atom is -0.361 e. The molecule has 2 rings (SSSR count). The highest BCUT2D eigenvalue weighted by Gasteiger charge is 2.08. The highest BCUT2D eigenvalue weighted by atomic mass is 35.5. The highest BCUT2D eigenvalue weighted by Crippen LogP contribution is 2.30. The molecule has 0 saturated carbocycles. The first-order valence-electron chi connectivity index (χ1n) is 4.87. The Balaban J connectivity index is 0.00000128. The quantitative estimate of drug-likeness (QED) is 0.882. The van der Waals surface area contributed by atoms with E-state index in [0.717, 1.165) is 23.7 Å². The summed E-state index contributed by atoms with van der Waals surface area (Å²) in [5.41, 5.74) is 7.68. The lowest BCUT2D eigenvalue weighted by Gasteiger charge is -2.00. The number of aryl methyl sites for hydroxylation is 1. The summed E-state index contributed by atoms with van der Waals surface area (Å²) < 4.78 is 0. The van der Waals surface area contributed by atoms with Crippen LogP contribution in [0.25, 0.3) is 10.9 Å². The van der Waals surface area contributed by atoms with Gasteiger partial charge < -0.3 is 10.7 Å². The second-order valence-electron chi connectivity index (χ2n) is 3.52. The van der Waals surface area contributed by atoms with Crippen molar-refractivity contribution in [1.82, 2.24) is 4.98 Å². The zero-order valence-corrected chi connectivity index (χ0v) is 10.9. The molecule has 5 heteroatoms. The van der Waals surface area contributed by atoms with Crippen molar-refractivity contribution in [2.45, 2.75) is 12.8 Å². The van der Waals surface area contributed by atoms with Crippen molar-refractivity contribution in [1.29, 1.82) is 0 Å². The summed E-state index contributed by atoms with van der Waals surface area (Å²) in [7, 11) is 0. The van der Waals surface area contributed by atoms with Crippen LogP contribution >= 0.6 is 35.6 Å². The van der Waals surface area contributed by atoms with Gasteiger partial charge in [0, 0.05) is 22.1 Å². The number of aromatic amines is 1. The average molecular weight is 280 g/mol. The Morgan fingerprint density at radius 1 is 1.25 bits per heavy atom. The third kappa shape index (κ3) is 2.64. The topological polar surface area (TPSA) is 41.8 Å². The van der Waals surface area contributed by atoms with Crippen molar-refractivity contribution in [2.24, 2.45) is 5.73 Å². The van der Waals surface area contributed by atoms with Crippen LogP contribution in [-0.2, 0) is 6.42 Å². The highest BCUT2D eigenvalue weighted by molar-refractivity contribution is 6.38. The minimum atomic E-state index is 0. The number of hydrogen-bond donors (Lipinski definition) is 2. The predicted molar refractivity (Wildman–Crippen MR) is 72.9 cm³/mol. The Labute approximate surface area is 111 Å². The van der Waals surface area contributed by atoms with E-state index >= 15 is 0 Å². The van der Waals surface area contributed by atoms with Crippen LogP contribution in [0, 0.1) is 0 Å².